The lowest BCUT2D eigenvalue weighted by atomic mass is 10.1. The summed E-state index contributed by atoms with van der Waals surface area (Å²) >= 11 is 0. The molecule has 0 aromatic heterocycles. The molecule has 0 aromatic carbocycles. The van der Waals surface area contributed by atoms with Crippen LogP contribution in [0, 0.1) is 0 Å². The zero-order valence-corrected chi connectivity index (χ0v) is 9.82. The van der Waals surface area contributed by atoms with Crippen molar-refractivity contribution in [1.29, 1.82) is 0 Å². The van der Waals surface area contributed by atoms with Gasteiger partial charge in [-0.3, -0.25) is 0 Å². The molecule has 5 nitrogen and oxygen atoms in total. The maximum Gasteiger partial charge on any atom is 0.196 e. The fourth-order valence-corrected chi connectivity index (χ4v) is 2.31. The Morgan fingerprint density at radius 2 is 2.14 bits per heavy atom. The summed E-state index contributed by atoms with van der Waals surface area (Å²) in [6, 6.07) is 0. The van der Waals surface area contributed by atoms with Crippen molar-refractivity contribution in [3.05, 3.63) is 0 Å². The first kappa shape index (κ1) is 13.7. The highest BCUT2D eigenvalue weighted by molar-refractivity contribution is 8.06. The molecule has 0 atom stereocenters. The Labute approximate surface area is 90.0 Å². The van der Waals surface area contributed by atoms with E-state index in [0.29, 0.717) is 6.42 Å². The Hall–Kier alpha value is -0.330. The summed E-state index contributed by atoms with van der Waals surface area (Å²) in [5, 5.41) is 3.67. The van der Waals surface area contributed by atoms with Crippen LogP contribution in [0.3, 0.4) is 0 Å². The molecule has 1 heterocycles. The molecule has 2 N–H and O–H groups in total. The Bertz CT molecular complexity index is 324. The largest absolute Gasteiger partial charge is 0.389 e. The van der Waals surface area contributed by atoms with E-state index in [1.165, 1.54) is 0 Å². The number of sulfone groups is 1. The zero-order valence-electron chi connectivity index (χ0n) is 8.19. The van der Waals surface area contributed by atoms with Gasteiger partial charge in [-0.05, 0) is 13.8 Å². The van der Waals surface area contributed by atoms with Crippen molar-refractivity contribution in [3.8, 4) is 0 Å². The van der Waals surface area contributed by atoms with Gasteiger partial charge in [-0.25, -0.2) is 8.42 Å². The summed E-state index contributed by atoms with van der Waals surface area (Å²) in [6.07, 6.45) is 0.329. The van der Waals surface area contributed by atoms with Gasteiger partial charge in [-0.15, -0.1) is 12.4 Å². The van der Waals surface area contributed by atoms with E-state index >= 15 is 0 Å². The highest BCUT2D eigenvalue weighted by atomic mass is 35.5. The first-order valence-corrected chi connectivity index (χ1v) is 5.70. The van der Waals surface area contributed by atoms with Crippen LogP contribution >= 0.6 is 12.4 Å². The van der Waals surface area contributed by atoms with Crippen LogP contribution in [0.5, 0.6) is 0 Å². The Kier molecular flexibility index (Phi) is 4.35. The summed E-state index contributed by atoms with van der Waals surface area (Å²) in [7, 11) is -3.28. The molecule has 1 aliphatic rings. The molecule has 0 aromatic rings. The number of nitrogens with two attached hydrogens (primary N) is 1. The fourth-order valence-electron chi connectivity index (χ4n) is 1.04. The molecule has 1 rings (SSSR count). The summed E-state index contributed by atoms with van der Waals surface area (Å²) in [4.78, 5) is 4.95. The lowest BCUT2D eigenvalue weighted by Gasteiger charge is -2.12. The average molecular weight is 243 g/mol. The highest BCUT2D eigenvalue weighted by Gasteiger charge is 2.35. The van der Waals surface area contributed by atoms with E-state index in [1.807, 2.05) is 0 Å². The second-order valence-electron chi connectivity index (χ2n) is 3.62. The van der Waals surface area contributed by atoms with Crippen molar-refractivity contribution >= 4 is 27.3 Å². The van der Waals surface area contributed by atoms with Gasteiger partial charge in [0, 0.05) is 13.0 Å². The van der Waals surface area contributed by atoms with Crippen molar-refractivity contribution in [2.24, 2.45) is 10.9 Å². The first-order chi connectivity index (χ1) is 5.87. The van der Waals surface area contributed by atoms with Gasteiger partial charge in [0.2, 0.25) is 0 Å². The smallest absolute Gasteiger partial charge is 0.196 e. The monoisotopic (exact) mass is 242 g/mol. The lowest BCUT2D eigenvalue weighted by Crippen LogP contribution is -2.26. The number of hydrogen-bond acceptors (Lipinski definition) is 5. The van der Waals surface area contributed by atoms with Crippen LogP contribution < -0.4 is 5.73 Å². The molecular weight excluding hydrogens is 228 g/mol. The molecule has 0 saturated heterocycles. The van der Waals surface area contributed by atoms with Crippen LogP contribution in [-0.4, -0.2) is 31.4 Å². The molecule has 14 heavy (non-hydrogen) atoms. The second kappa shape index (κ2) is 4.46. The number of nitrogens with zero attached hydrogens (tertiary/aromatic N) is 1. The van der Waals surface area contributed by atoms with Crippen LogP contribution in [0.2, 0.25) is 0 Å². The van der Waals surface area contributed by atoms with Gasteiger partial charge in [-0.1, -0.05) is 5.16 Å². The van der Waals surface area contributed by atoms with Crippen LogP contribution in [0.4, 0.5) is 0 Å². The molecule has 7 heteroatoms. The summed E-state index contributed by atoms with van der Waals surface area (Å²) in [6.45, 7) is 3.70. The predicted molar refractivity (Wildman–Crippen MR) is 57.3 cm³/mol. The minimum Gasteiger partial charge on any atom is -0.389 e. The van der Waals surface area contributed by atoms with E-state index in [1.54, 1.807) is 13.8 Å². The third kappa shape index (κ3) is 3.11. The molecule has 0 bridgehead atoms. The summed E-state index contributed by atoms with van der Waals surface area (Å²) in [5.41, 5.74) is 4.67. The van der Waals surface area contributed by atoms with Gasteiger partial charge in [0.15, 0.2) is 14.9 Å². The van der Waals surface area contributed by atoms with Crippen molar-refractivity contribution in [3.63, 3.8) is 0 Å². The molecule has 84 valence electrons. The number of halogens is 1. The zero-order chi connectivity index (χ0) is 10.1. The SMILES string of the molecule is CC1(C)CC(S(=O)(=O)CCN)=NO1.Cl. The summed E-state index contributed by atoms with van der Waals surface area (Å²) < 4.78 is 22.9. The minimum absolute atomic E-state index is 0. The average Bonchev–Trinajstić information content (AvgIpc) is 2.30. The van der Waals surface area contributed by atoms with Crippen molar-refractivity contribution in [2.45, 2.75) is 25.9 Å². The number of hydrogen-bond donors (Lipinski definition) is 1. The predicted octanol–water partition coefficient (Wildman–Crippen LogP) is 0.294. The van der Waals surface area contributed by atoms with Crippen molar-refractivity contribution in [2.75, 3.05) is 12.3 Å². The highest BCUT2D eigenvalue weighted by Crippen LogP contribution is 2.24. The Balaban J connectivity index is 0.00000169. The maximum atomic E-state index is 11.4. The van der Waals surface area contributed by atoms with E-state index in [0.717, 1.165) is 0 Å². The van der Waals surface area contributed by atoms with Crippen LogP contribution in [0.1, 0.15) is 20.3 Å². The molecule has 0 fully saturated rings. The van der Waals surface area contributed by atoms with E-state index in [9.17, 15) is 8.42 Å². The Morgan fingerprint density at radius 1 is 1.57 bits per heavy atom. The minimum atomic E-state index is -3.28. The molecule has 0 amide bonds. The van der Waals surface area contributed by atoms with Gasteiger partial charge in [0.25, 0.3) is 0 Å². The van der Waals surface area contributed by atoms with Gasteiger partial charge < -0.3 is 10.6 Å². The molecule has 0 saturated carbocycles. The molecule has 0 spiro atoms. The second-order valence-corrected chi connectivity index (χ2v) is 5.73. The van der Waals surface area contributed by atoms with E-state index in [4.69, 9.17) is 10.6 Å². The van der Waals surface area contributed by atoms with Crippen LogP contribution in [-0.2, 0) is 14.7 Å². The number of rotatable bonds is 2. The standard InChI is InChI=1S/C7H14N2O3S.ClH/c1-7(2)5-6(9-12-7)13(10,11)4-3-8;/h3-5,8H2,1-2H3;1H. The molecule has 0 radical (unpaired) electrons. The normalized spacial score (nSPS) is 19.5. The van der Waals surface area contributed by atoms with E-state index in [-0.39, 0.29) is 29.7 Å². The fraction of sp³-hybridized carbons (Fsp3) is 0.857. The van der Waals surface area contributed by atoms with Gasteiger partial charge in [-0.2, -0.15) is 0 Å². The number of oxime groups is 1. The first-order valence-electron chi connectivity index (χ1n) is 4.05. The topological polar surface area (TPSA) is 81.8 Å². The maximum absolute atomic E-state index is 11.4. The molecule has 1 aliphatic heterocycles. The van der Waals surface area contributed by atoms with Crippen LogP contribution in [0.15, 0.2) is 5.16 Å². The van der Waals surface area contributed by atoms with Crippen molar-refractivity contribution < 1.29 is 13.3 Å². The molecule has 0 aliphatic carbocycles. The lowest BCUT2D eigenvalue weighted by molar-refractivity contribution is 0.0123. The van der Waals surface area contributed by atoms with Crippen molar-refractivity contribution in [1.82, 2.24) is 0 Å². The summed E-state index contributed by atoms with van der Waals surface area (Å²) in [5.74, 6) is -0.0642. The van der Waals surface area contributed by atoms with Gasteiger partial charge in [0.1, 0.15) is 5.60 Å². The van der Waals surface area contributed by atoms with E-state index in [2.05, 4.69) is 5.16 Å². The third-order valence-corrected chi connectivity index (χ3v) is 3.43. The molecule has 0 unspecified atom stereocenters. The Morgan fingerprint density at radius 3 is 2.50 bits per heavy atom. The van der Waals surface area contributed by atoms with Crippen LogP contribution in [0.25, 0.3) is 0 Å². The molecular formula is C7H15ClN2O3S. The van der Waals surface area contributed by atoms with Gasteiger partial charge >= 0.3 is 0 Å². The van der Waals surface area contributed by atoms with Gasteiger partial charge in [0.05, 0.1) is 5.75 Å². The third-order valence-electron chi connectivity index (χ3n) is 1.72. The quantitative estimate of drug-likeness (QED) is 0.755. The van der Waals surface area contributed by atoms with E-state index < -0.39 is 15.4 Å².